The molecule has 0 heterocycles. The Balaban J connectivity index is 2.19. The van der Waals surface area contributed by atoms with E-state index in [1.165, 1.54) is 20.2 Å². The number of halogens is 1. The standard InChI is InChI=1S/C13H17BrN2O4S/c1-16(8-13(17)15-10-4-5-10)21(18,19)12-7-9(14)3-6-11(12)20-2/h3,6-7,10H,4-5,8H2,1-2H3,(H,15,17). The van der Waals surface area contributed by atoms with Crippen LogP contribution in [0.5, 0.6) is 5.75 Å². The zero-order chi connectivity index (χ0) is 15.6. The Morgan fingerprint density at radius 1 is 1.48 bits per heavy atom. The Bertz CT molecular complexity index is 644. The molecule has 0 spiro atoms. The molecule has 0 saturated heterocycles. The van der Waals surface area contributed by atoms with Crippen molar-refractivity contribution < 1.29 is 17.9 Å². The average molecular weight is 377 g/mol. The van der Waals surface area contributed by atoms with E-state index in [-0.39, 0.29) is 29.1 Å². The summed E-state index contributed by atoms with van der Waals surface area (Å²) in [5.41, 5.74) is 0. The van der Waals surface area contributed by atoms with E-state index in [0.717, 1.165) is 17.1 Å². The molecule has 1 saturated carbocycles. The first-order valence-electron chi connectivity index (χ1n) is 6.44. The summed E-state index contributed by atoms with van der Waals surface area (Å²) in [6.45, 7) is -0.214. The predicted molar refractivity (Wildman–Crippen MR) is 81.7 cm³/mol. The van der Waals surface area contributed by atoms with Crippen LogP contribution in [0.2, 0.25) is 0 Å². The van der Waals surface area contributed by atoms with Gasteiger partial charge >= 0.3 is 0 Å². The van der Waals surface area contributed by atoms with E-state index < -0.39 is 10.0 Å². The van der Waals surface area contributed by atoms with Crippen molar-refractivity contribution in [1.29, 1.82) is 0 Å². The van der Waals surface area contributed by atoms with E-state index in [4.69, 9.17) is 4.74 Å². The summed E-state index contributed by atoms with van der Waals surface area (Å²) in [6.07, 6.45) is 1.92. The molecule has 116 valence electrons. The molecule has 6 nitrogen and oxygen atoms in total. The number of amides is 1. The second-order valence-corrected chi connectivity index (χ2v) is 7.83. The van der Waals surface area contributed by atoms with Crippen LogP contribution in [-0.2, 0) is 14.8 Å². The van der Waals surface area contributed by atoms with Crippen LogP contribution >= 0.6 is 15.9 Å². The van der Waals surface area contributed by atoms with Gasteiger partial charge in [-0.2, -0.15) is 4.31 Å². The third-order valence-corrected chi connectivity index (χ3v) is 5.44. The van der Waals surface area contributed by atoms with Gasteiger partial charge in [0.05, 0.1) is 13.7 Å². The number of carbonyl (C=O) groups excluding carboxylic acids is 1. The fourth-order valence-corrected chi connectivity index (χ4v) is 3.63. The van der Waals surface area contributed by atoms with Crippen LogP contribution in [0.25, 0.3) is 0 Å². The van der Waals surface area contributed by atoms with Gasteiger partial charge in [-0.15, -0.1) is 0 Å². The second-order valence-electron chi connectivity index (χ2n) is 4.90. The molecule has 1 aromatic rings. The van der Waals surface area contributed by atoms with Crippen molar-refractivity contribution >= 4 is 31.9 Å². The van der Waals surface area contributed by atoms with Gasteiger partial charge in [0.15, 0.2) is 0 Å². The largest absolute Gasteiger partial charge is 0.495 e. The highest BCUT2D eigenvalue weighted by molar-refractivity contribution is 9.10. The molecule has 1 N–H and O–H groups in total. The summed E-state index contributed by atoms with van der Waals surface area (Å²) in [7, 11) is -1.02. The van der Waals surface area contributed by atoms with Gasteiger partial charge in [-0.1, -0.05) is 15.9 Å². The minimum Gasteiger partial charge on any atom is -0.495 e. The summed E-state index contributed by atoms with van der Waals surface area (Å²) in [6, 6.07) is 4.92. The van der Waals surface area contributed by atoms with E-state index in [1.54, 1.807) is 12.1 Å². The number of nitrogens with zero attached hydrogens (tertiary/aromatic N) is 1. The van der Waals surface area contributed by atoms with E-state index >= 15 is 0 Å². The van der Waals surface area contributed by atoms with Gasteiger partial charge in [0.25, 0.3) is 0 Å². The van der Waals surface area contributed by atoms with Crippen molar-refractivity contribution in [1.82, 2.24) is 9.62 Å². The van der Waals surface area contributed by atoms with Gasteiger partial charge in [0.2, 0.25) is 15.9 Å². The minimum atomic E-state index is -3.80. The van der Waals surface area contributed by atoms with E-state index in [2.05, 4.69) is 21.2 Å². The average Bonchev–Trinajstić information content (AvgIpc) is 3.22. The Labute approximate surface area is 132 Å². The minimum absolute atomic E-state index is 0.0288. The van der Waals surface area contributed by atoms with E-state index in [0.29, 0.717) is 4.47 Å². The fraction of sp³-hybridized carbons (Fsp3) is 0.462. The van der Waals surface area contributed by atoms with Crippen molar-refractivity contribution in [2.45, 2.75) is 23.8 Å². The Kier molecular flexibility index (Phi) is 4.90. The van der Waals surface area contributed by atoms with Crippen LogP contribution in [0.4, 0.5) is 0 Å². The molecule has 0 aromatic heterocycles. The summed E-state index contributed by atoms with van der Waals surface area (Å²) in [5.74, 6) is -0.0508. The van der Waals surface area contributed by atoms with Crippen LogP contribution in [-0.4, -0.2) is 45.4 Å². The third kappa shape index (κ3) is 3.96. The normalized spacial score (nSPS) is 15.0. The molecule has 1 aromatic carbocycles. The highest BCUT2D eigenvalue weighted by Gasteiger charge is 2.29. The Morgan fingerprint density at radius 3 is 2.71 bits per heavy atom. The summed E-state index contributed by atoms with van der Waals surface area (Å²) in [4.78, 5) is 11.8. The molecular weight excluding hydrogens is 360 g/mol. The fourth-order valence-electron chi connectivity index (χ4n) is 1.81. The molecule has 1 fully saturated rings. The summed E-state index contributed by atoms with van der Waals surface area (Å²) in [5, 5.41) is 2.76. The van der Waals surface area contributed by atoms with Crippen LogP contribution < -0.4 is 10.1 Å². The molecule has 8 heteroatoms. The maximum Gasteiger partial charge on any atom is 0.247 e. The predicted octanol–water partition coefficient (Wildman–Crippen LogP) is 1.36. The molecule has 0 atom stereocenters. The number of ether oxygens (including phenoxy) is 1. The monoisotopic (exact) mass is 376 g/mol. The third-order valence-electron chi connectivity index (χ3n) is 3.12. The lowest BCUT2D eigenvalue weighted by Crippen LogP contribution is -2.39. The smallest absolute Gasteiger partial charge is 0.247 e. The van der Waals surface area contributed by atoms with E-state index in [9.17, 15) is 13.2 Å². The Hall–Kier alpha value is -1.12. The number of nitrogens with one attached hydrogen (secondary N) is 1. The maximum atomic E-state index is 12.5. The van der Waals surface area contributed by atoms with Gasteiger partial charge in [-0.25, -0.2) is 8.42 Å². The van der Waals surface area contributed by atoms with Gasteiger partial charge in [0.1, 0.15) is 10.6 Å². The van der Waals surface area contributed by atoms with Gasteiger partial charge in [-0.3, -0.25) is 4.79 Å². The van der Waals surface area contributed by atoms with E-state index in [1.807, 2.05) is 0 Å². The van der Waals surface area contributed by atoms with Crippen molar-refractivity contribution in [3.63, 3.8) is 0 Å². The molecule has 1 aliphatic rings. The van der Waals surface area contributed by atoms with Crippen molar-refractivity contribution in [2.24, 2.45) is 0 Å². The van der Waals surface area contributed by atoms with Crippen molar-refractivity contribution in [2.75, 3.05) is 20.7 Å². The number of likely N-dealkylation sites (N-methyl/N-ethyl adjacent to an activating group) is 1. The first-order chi connectivity index (χ1) is 9.84. The number of hydrogen-bond acceptors (Lipinski definition) is 4. The first-order valence-corrected chi connectivity index (χ1v) is 8.67. The molecule has 0 radical (unpaired) electrons. The molecule has 21 heavy (non-hydrogen) atoms. The zero-order valence-corrected chi connectivity index (χ0v) is 14.2. The van der Waals surface area contributed by atoms with Gasteiger partial charge in [0, 0.05) is 17.6 Å². The van der Waals surface area contributed by atoms with Crippen molar-refractivity contribution in [3.05, 3.63) is 22.7 Å². The molecule has 1 amide bonds. The SMILES string of the molecule is COc1ccc(Br)cc1S(=O)(=O)N(C)CC(=O)NC1CC1. The van der Waals surface area contributed by atoms with Gasteiger partial charge < -0.3 is 10.1 Å². The van der Waals surface area contributed by atoms with Crippen LogP contribution in [0.3, 0.4) is 0 Å². The van der Waals surface area contributed by atoms with Gasteiger partial charge in [-0.05, 0) is 31.0 Å². The van der Waals surface area contributed by atoms with Crippen LogP contribution in [0.15, 0.2) is 27.6 Å². The molecule has 0 bridgehead atoms. The summed E-state index contributed by atoms with van der Waals surface area (Å²) < 4.78 is 31.8. The summed E-state index contributed by atoms with van der Waals surface area (Å²) >= 11 is 3.24. The molecule has 0 unspecified atom stereocenters. The zero-order valence-electron chi connectivity index (χ0n) is 11.8. The Morgan fingerprint density at radius 2 is 2.14 bits per heavy atom. The number of sulfonamides is 1. The van der Waals surface area contributed by atoms with Crippen molar-refractivity contribution in [3.8, 4) is 5.75 Å². The molecule has 1 aliphatic carbocycles. The highest BCUT2D eigenvalue weighted by Crippen LogP contribution is 2.29. The quantitative estimate of drug-likeness (QED) is 0.812. The first kappa shape index (κ1) is 16.3. The molecular formula is C13H17BrN2O4S. The highest BCUT2D eigenvalue weighted by atomic mass is 79.9. The lowest BCUT2D eigenvalue weighted by Gasteiger charge is -2.18. The topological polar surface area (TPSA) is 75.7 Å². The van der Waals surface area contributed by atoms with Crippen LogP contribution in [0, 0.1) is 0 Å². The number of rotatable bonds is 6. The second kappa shape index (κ2) is 6.33. The number of methoxy groups -OCH3 is 1. The molecule has 2 rings (SSSR count). The molecule has 0 aliphatic heterocycles. The number of benzene rings is 1. The maximum absolute atomic E-state index is 12.5. The lowest BCUT2D eigenvalue weighted by molar-refractivity contribution is -0.121. The number of hydrogen-bond donors (Lipinski definition) is 1. The number of carbonyl (C=O) groups is 1. The van der Waals surface area contributed by atoms with Crippen LogP contribution in [0.1, 0.15) is 12.8 Å². The lowest BCUT2D eigenvalue weighted by atomic mass is 10.3.